The van der Waals surface area contributed by atoms with E-state index in [1.807, 2.05) is 30.3 Å². The maximum absolute atomic E-state index is 12.9. The van der Waals surface area contributed by atoms with Crippen LogP contribution in [-0.4, -0.2) is 138 Å². The minimum Gasteiger partial charge on any atom is -0.493 e. The summed E-state index contributed by atoms with van der Waals surface area (Å²) in [5, 5.41) is 0. The number of carbonyl (C=O) groups excluding carboxylic acids is 2. The van der Waals surface area contributed by atoms with Crippen molar-refractivity contribution in [3.05, 3.63) is 100 Å². The second-order valence-corrected chi connectivity index (χ2v) is 17.3. The van der Waals surface area contributed by atoms with Gasteiger partial charge in [-0.1, -0.05) is 6.07 Å². The van der Waals surface area contributed by atoms with Gasteiger partial charge in [0, 0.05) is 55.4 Å². The van der Waals surface area contributed by atoms with Crippen molar-refractivity contribution in [2.45, 2.75) is 44.2 Å². The van der Waals surface area contributed by atoms with E-state index in [2.05, 4.69) is 38.4 Å². The van der Waals surface area contributed by atoms with Crippen molar-refractivity contribution in [2.75, 3.05) is 117 Å². The molecule has 4 aromatic carbocycles. The number of nitrogens with zero attached hydrogens (tertiary/aromatic N) is 2. The van der Waals surface area contributed by atoms with Crippen LogP contribution in [0.3, 0.4) is 0 Å². The lowest BCUT2D eigenvalue weighted by Crippen LogP contribution is -2.52. The second-order valence-electron chi connectivity index (χ2n) is 17.3. The molecule has 4 unspecified atom stereocenters. The van der Waals surface area contributed by atoms with Gasteiger partial charge in [-0.25, -0.2) is 9.59 Å². The van der Waals surface area contributed by atoms with Gasteiger partial charge in [0.1, 0.15) is 12.1 Å². The van der Waals surface area contributed by atoms with Gasteiger partial charge in [-0.15, -0.1) is 0 Å². The molecule has 362 valence electrons. The number of rotatable bonds is 22. The lowest BCUT2D eigenvalue weighted by molar-refractivity contribution is -0.941. The van der Waals surface area contributed by atoms with Gasteiger partial charge in [0.2, 0.25) is 5.75 Å². The van der Waals surface area contributed by atoms with Gasteiger partial charge in [0.05, 0.1) is 123 Å². The first kappa shape index (κ1) is 50.1. The topological polar surface area (TPSA) is 136 Å². The van der Waals surface area contributed by atoms with E-state index in [0.29, 0.717) is 93.1 Å². The Morgan fingerprint density at radius 2 is 1.03 bits per heavy atom. The van der Waals surface area contributed by atoms with Crippen LogP contribution in [0.1, 0.15) is 58.3 Å². The molecule has 15 heteroatoms. The summed E-state index contributed by atoms with van der Waals surface area (Å²) in [4.78, 5) is 25.7. The lowest BCUT2D eigenvalue weighted by Gasteiger charge is -2.46. The minimum atomic E-state index is -0.612. The fourth-order valence-corrected chi connectivity index (χ4v) is 9.95. The lowest BCUT2D eigenvalue weighted by atomic mass is 9.85. The van der Waals surface area contributed by atoms with Crippen molar-refractivity contribution in [2.24, 2.45) is 0 Å². The number of carbonyl (C=O) groups is 2. The van der Waals surface area contributed by atoms with E-state index in [-0.39, 0.29) is 25.3 Å². The van der Waals surface area contributed by atoms with Crippen LogP contribution in [0.4, 0.5) is 0 Å². The van der Waals surface area contributed by atoms with Gasteiger partial charge in [-0.2, -0.15) is 0 Å². The highest BCUT2D eigenvalue weighted by molar-refractivity contribution is 5.91. The fraction of sp³-hybridized carbons (Fsp3) is 0.462. The minimum absolute atomic E-state index is 0.0539. The van der Waals surface area contributed by atoms with Crippen molar-refractivity contribution in [1.82, 2.24) is 0 Å². The Kier molecular flexibility index (Phi) is 16.8. The maximum atomic E-state index is 12.9. The zero-order valence-corrected chi connectivity index (χ0v) is 41.0. The highest BCUT2D eigenvalue weighted by atomic mass is 16.5. The molecule has 0 radical (unpaired) electrons. The summed E-state index contributed by atoms with van der Waals surface area (Å²) >= 11 is 0. The molecule has 0 amide bonds. The van der Waals surface area contributed by atoms with Crippen LogP contribution in [0.2, 0.25) is 0 Å². The van der Waals surface area contributed by atoms with Crippen LogP contribution in [0.25, 0.3) is 0 Å². The van der Waals surface area contributed by atoms with Crippen molar-refractivity contribution in [1.29, 1.82) is 0 Å². The van der Waals surface area contributed by atoms with Gasteiger partial charge >= 0.3 is 11.9 Å². The Morgan fingerprint density at radius 1 is 0.537 bits per heavy atom. The quantitative estimate of drug-likeness (QED) is 0.0339. The van der Waals surface area contributed by atoms with Gasteiger partial charge in [0.15, 0.2) is 46.0 Å². The Morgan fingerprint density at radius 3 is 1.61 bits per heavy atom. The molecule has 0 bridgehead atoms. The molecule has 0 N–H and O–H groups in total. The summed E-state index contributed by atoms with van der Waals surface area (Å²) in [5.74, 6) is 4.52. The average molecular weight is 929 g/mol. The molecular formula is C52H68N2O13+2. The number of quaternary nitrogens is 2. The smallest absolute Gasteiger partial charge is 0.331 e. The van der Waals surface area contributed by atoms with E-state index in [0.717, 1.165) is 65.9 Å². The van der Waals surface area contributed by atoms with Crippen LogP contribution in [0.15, 0.2) is 66.7 Å². The summed E-state index contributed by atoms with van der Waals surface area (Å²) < 4.78 is 63.9. The molecule has 0 aromatic heterocycles. The Labute approximate surface area is 395 Å². The number of hydrogen-bond acceptors (Lipinski definition) is 13. The summed E-state index contributed by atoms with van der Waals surface area (Å²) in [7, 11) is 19.1. The molecular weight excluding hydrogens is 861 g/mol. The number of ether oxygens (including phenoxy) is 11. The highest BCUT2D eigenvalue weighted by Gasteiger charge is 2.44. The van der Waals surface area contributed by atoms with Crippen LogP contribution in [0.5, 0.6) is 51.7 Å². The standard InChI is InChI=1S/C52H68N2O13/c1-53(24-21-36-31-46(63-9)51(64-10)52(65-11)49(36)39(53)28-34-14-16-40(57-3)42(29-34)59-5)22-12-26-66-47(55)18-19-48(56)67-27-13-23-54(2)25-20-35-30-44(61-7)45(62-8)33-38(35)50(54)37-15-17-41(58-4)43(32-37)60-6/h14-19,29-33,39,50H,12-13,20-28H2,1-11H3/q+2/b19-18+. The average Bonchev–Trinajstić information content (AvgIpc) is 3.35. The first-order valence-corrected chi connectivity index (χ1v) is 22.5. The van der Waals surface area contributed by atoms with Crippen LogP contribution >= 0.6 is 0 Å². The number of benzene rings is 4. The Bertz CT molecular complexity index is 2400. The molecule has 0 spiro atoms. The number of esters is 2. The predicted molar refractivity (Wildman–Crippen MR) is 253 cm³/mol. The molecule has 0 fully saturated rings. The molecule has 0 saturated heterocycles. The summed E-state index contributed by atoms with van der Waals surface area (Å²) in [6.07, 6.45) is 5.70. The molecule has 4 aromatic rings. The van der Waals surface area contributed by atoms with Gasteiger partial charge in [-0.3, -0.25) is 0 Å². The largest absolute Gasteiger partial charge is 0.493 e. The molecule has 0 saturated carbocycles. The third-order valence-electron chi connectivity index (χ3n) is 13.5. The van der Waals surface area contributed by atoms with Gasteiger partial charge in [-0.05, 0) is 65.2 Å². The zero-order chi connectivity index (χ0) is 48.3. The SMILES string of the molecule is COc1ccc(CC2c3c(cc(OC)c(OC)c3OC)CC[N+]2(C)CCCOC(=O)/C=C/C(=O)OCCC[N+]2(C)CCc3cc(OC)c(OC)cc3C2c2ccc(OC)c(OC)c2)cc1OC. The first-order chi connectivity index (χ1) is 32.3. The van der Waals surface area contributed by atoms with E-state index in [1.165, 1.54) is 5.56 Å². The van der Waals surface area contributed by atoms with Crippen molar-refractivity contribution in [3.63, 3.8) is 0 Å². The van der Waals surface area contributed by atoms with Gasteiger partial charge in [0.25, 0.3) is 0 Å². The van der Waals surface area contributed by atoms with E-state index in [1.54, 1.807) is 64.0 Å². The van der Waals surface area contributed by atoms with Crippen LogP contribution in [-0.2, 0) is 38.3 Å². The molecule has 0 aliphatic carbocycles. The summed E-state index contributed by atoms with van der Waals surface area (Å²) in [5.41, 5.74) is 6.62. The van der Waals surface area contributed by atoms with Crippen molar-refractivity contribution < 1.29 is 70.7 Å². The molecule has 6 rings (SSSR count). The summed E-state index contributed by atoms with van der Waals surface area (Å²) in [6.45, 7) is 3.42. The normalized spacial score (nSPS) is 19.6. The van der Waals surface area contributed by atoms with Crippen LogP contribution in [0, 0.1) is 0 Å². The second kappa shape index (κ2) is 22.4. The fourth-order valence-electron chi connectivity index (χ4n) is 9.95. The zero-order valence-electron chi connectivity index (χ0n) is 41.0. The number of hydrogen-bond donors (Lipinski definition) is 0. The van der Waals surface area contributed by atoms with Crippen LogP contribution < -0.4 is 42.6 Å². The Balaban J connectivity index is 1.07. The van der Waals surface area contributed by atoms with E-state index < -0.39 is 11.9 Å². The molecule has 2 aliphatic heterocycles. The van der Waals surface area contributed by atoms with E-state index in [9.17, 15) is 9.59 Å². The van der Waals surface area contributed by atoms with E-state index >= 15 is 0 Å². The molecule has 4 atom stereocenters. The molecule has 15 nitrogen and oxygen atoms in total. The maximum Gasteiger partial charge on any atom is 0.331 e. The number of methoxy groups -OCH3 is 9. The summed E-state index contributed by atoms with van der Waals surface area (Å²) in [6, 6.07) is 18.0. The first-order valence-electron chi connectivity index (χ1n) is 22.5. The third kappa shape index (κ3) is 10.9. The number of likely N-dealkylation sites (N-methyl/N-ethyl adjacent to an activating group) is 2. The van der Waals surface area contributed by atoms with E-state index in [4.69, 9.17) is 52.1 Å². The predicted octanol–water partition coefficient (Wildman–Crippen LogP) is 7.27. The van der Waals surface area contributed by atoms with Crippen molar-refractivity contribution in [3.8, 4) is 51.7 Å². The molecule has 2 aliphatic rings. The monoisotopic (exact) mass is 928 g/mol. The third-order valence-corrected chi connectivity index (χ3v) is 13.5. The Hall–Kier alpha value is -6.32. The number of fused-ring (bicyclic) bond motifs is 2. The van der Waals surface area contributed by atoms with Crippen molar-refractivity contribution >= 4 is 11.9 Å². The molecule has 2 heterocycles. The highest BCUT2D eigenvalue weighted by Crippen LogP contribution is 2.51. The molecule has 67 heavy (non-hydrogen) atoms. The van der Waals surface area contributed by atoms with Gasteiger partial charge < -0.3 is 61.1 Å².